The van der Waals surface area contributed by atoms with E-state index in [-0.39, 0.29) is 18.3 Å². The zero-order chi connectivity index (χ0) is 19.7. The molecule has 29 heavy (non-hydrogen) atoms. The predicted octanol–water partition coefficient (Wildman–Crippen LogP) is 2.30. The van der Waals surface area contributed by atoms with Gasteiger partial charge in [0.25, 0.3) is 5.78 Å². The summed E-state index contributed by atoms with van der Waals surface area (Å²) in [6.45, 7) is 6.03. The fourth-order valence-electron chi connectivity index (χ4n) is 4.30. The maximum Gasteiger partial charge on any atom is 0.252 e. The third-order valence-electron chi connectivity index (χ3n) is 5.90. The quantitative estimate of drug-likeness (QED) is 0.691. The van der Waals surface area contributed by atoms with Crippen LogP contribution in [-0.4, -0.2) is 50.0 Å². The van der Waals surface area contributed by atoms with Crippen LogP contribution in [0.3, 0.4) is 0 Å². The molecule has 1 aliphatic rings. The van der Waals surface area contributed by atoms with Crippen LogP contribution < -0.4 is 5.73 Å². The second kappa shape index (κ2) is 8.88. The average molecular weight is 415 g/mol. The minimum atomic E-state index is 0. The first kappa shape index (κ1) is 21.2. The molecule has 0 radical (unpaired) electrons. The Bertz CT molecular complexity index is 990. The summed E-state index contributed by atoms with van der Waals surface area (Å²) in [7, 11) is 0. The second-order valence-electron chi connectivity index (χ2n) is 7.54. The Kier molecular flexibility index (Phi) is 6.49. The van der Waals surface area contributed by atoms with E-state index >= 15 is 0 Å². The Morgan fingerprint density at radius 3 is 2.69 bits per heavy atom. The Labute approximate surface area is 176 Å². The third kappa shape index (κ3) is 4.11. The fraction of sp³-hybridized carbons (Fsp3) is 0.429. The molecule has 1 aromatic carbocycles. The summed E-state index contributed by atoms with van der Waals surface area (Å²) >= 11 is 0. The van der Waals surface area contributed by atoms with Crippen LogP contribution in [0.5, 0.6) is 0 Å². The number of aryl methyl sites for hydroxylation is 2. The monoisotopic (exact) mass is 414 g/mol. The predicted molar refractivity (Wildman–Crippen MR) is 114 cm³/mol. The van der Waals surface area contributed by atoms with E-state index in [1.54, 1.807) is 4.52 Å². The largest absolute Gasteiger partial charge is 0.342 e. The van der Waals surface area contributed by atoms with Gasteiger partial charge in [0.1, 0.15) is 6.33 Å². The van der Waals surface area contributed by atoms with Gasteiger partial charge < -0.3 is 10.6 Å². The number of aromatic nitrogens is 4. The molecular formula is C21H27ClN6O. The molecule has 1 fully saturated rings. The van der Waals surface area contributed by atoms with E-state index in [1.807, 2.05) is 36.9 Å². The van der Waals surface area contributed by atoms with Gasteiger partial charge in [0.05, 0.1) is 0 Å². The van der Waals surface area contributed by atoms with Crippen LogP contribution in [0.4, 0.5) is 0 Å². The van der Waals surface area contributed by atoms with Crippen LogP contribution in [0.25, 0.3) is 5.78 Å². The highest BCUT2D eigenvalue weighted by Crippen LogP contribution is 2.32. The molecule has 0 unspecified atom stereocenters. The van der Waals surface area contributed by atoms with E-state index in [2.05, 4.69) is 27.2 Å². The Morgan fingerprint density at radius 2 is 1.97 bits per heavy atom. The molecule has 0 saturated carbocycles. The maximum absolute atomic E-state index is 12.9. The van der Waals surface area contributed by atoms with Gasteiger partial charge in [-0.25, -0.2) is 9.50 Å². The van der Waals surface area contributed by atoms with Crippen molar-refractivity contribution in [3.8, 4) is 0 Å². The molecule has 1 saturated heterocycles. The summed E-state index contributed by atoms with van der Waals surface area (Å²) in [4.78, 5) is 23.5. The Morgan fingerprint density at radius 1 is 1.21 bits per heavy atom. The number of amides is 1. The van der Waals surface area contributed by atoms with Crippen molar-refractivity contribution < 1.29 is 4.79 Å². The molecule has 0 spiro atoms. The second-order valence-corrected chi connectivity index (χ2v) is 7.54. The molecule has 2 atom stereocenters. The van der Waals surface area contributed by atoms with Crippen molar-refractivity contribution in [3.05, 3.63) is 59.2 Å². The van der Waals surface area contributed by atoms with Gasteiger partial charge in [0.15, 0.2) is 0 Å². The number of hydrogen-bond donors (Lipinski definition) is 1. The van der Waals surface area contributed by atoms with Crippen LogP contribution >= 0.6 is 12.4 Å². The van der Waals surface area contributed by atoms with Crippen molar-refractivity contribution >= 4 is 24.1 Å². The number of nitrogens with two attached hydrogens (primary N) is 1. The molecule has 3 heterocycles. The number of nitrogens with zero attached hydrogens (tertiary/aromatic N) is 5. The maximum atomic E-state index is 12.9. The van der Waals surface area contributed by atoms with Gasteiger partial charge in [-0.2, -0.15) is 10.1 Å². The molecule has 7 nitrogen and oxygen atoms in total. The first-order chi connectivity index (χ1) is 13.6. The number of carbonyl (C=O) groups is 1. The molecule has 0 bridgehead atoms. The van der Waals surface area contributed by atoms with Crippen LogP contribution in [0.15, 0.2) is 36.7 Å². The summed E-state index contributed by atoms with van der Waals surface area (Å²) in [5.74, 6) is 1.39. The van der Waals surface area contributed by atoms with Gasteiger partial charge in [-0.3, -0.25) is 4.79 Å². The molecule has 2 N–H and O–H groups in total. The van der Waals surface area contributed by atoms with Crippen molar-refractivity contribution in [3.63, 3.8) is 0 Å². The molecule has 1 amide bonds. The summed E-state index contributed by atoms with van der Waals surface area (Å²) in [5, 5.41) is 4.22. The highest BCUT2D eigenvalue weighted by atomic mass is 35.5. The summed E-state index contributed by atoms with van der Waals surface area (Å²) < 4.78 is 1.73. The first-order valence-electron chi connectivity index (χ1n) is 9.77. The van der Waals surface area contributed by atoms with Gasteiger partial charge in [-0.15, -0.1) is 12.4 Å². The molecule has 1 aliphatic heterocycles. The smallest absolute Gasteiger partial charge is 0.252 e. The van der Waals surface area contributed by atoms with E-state index in [4.69, 9.17) is 5.73 Å². The van der Waals surface area contributed by atoms with Crippen LogP contribution in [-0.2, 0) is 11.2 Å². The zero-order valence-electron chi connectivity index (χ0n) is 16.8. The van der Waals surface area contributed by atoms with Crippen molar-refractivity contribution in [2.75, 3.05) is 19.6 Å². The highest BCUT2D eigenvalue weighted by molar-refractivity contribution is 5.85. The van der Waals surface area contributed by atoms with Crippen LogP contribution in [0.2, 0.25) is 0 Å². The van der Waals surface area contributed by atoms with Gasteiger partial charge >= 0.3 is 0 Å². The van der Waals surface area contributed by atoms with E-state index < -0.39 is 0 Å². The number of halogens is 1. The summed E-state index contributed by atoms with van der Waals surface area (Å²) in [6, 6.07) is 10.4. The van der Waals surface area contributed by atoms with Crippen LogP contribution in [0.1, 0.15) is 34.9 Å². The van der Waals surface area contributed by atoms with Gasteiger partial charge in [-0.05, 0) is 43.9 Å². The topological polar surface area (TPSA) is 89.4 Å². The van der Waals surface area contributed by atoms with E-state index in [0.29, 0.717) is 37.0 Å². The van der Waals surface area contributed by atoms with E-state index in [1.165, 1.54) is 11.9 Å². The van der Waals surface area contributed by atoms with Crippen molar-refractivity contribution in [2.24, 2.45) is 11.7 Å². The third-order valence-corrected chi connectivity index (χ3v) is 5.90. The number of hydrogen-bond acceptors (Lipinski definition) is 5. The van der Waals surface area contributed by atoms with E-state index in [9.17, 15) is 4.79 Å². The Hall–Kier alpha value is -2.51. The lowest BCUT2D eigenvalue weighted by Crippen LogP contribution is -2.30. The normalized spacial score (nSPS) is 18.8. The van der Waals surface area contributed by atoms with Gasteiger partial charge in [0, 0.05) is 36.8 Å². The standard InChI is InChI=1S/C21H26N6O.ClH/c1-14-18(15(2)27-21(25-14)23-13-24-27)8-9-20(28)26-11-17(10-22)19(12-26)16-6-4-3-5-7-16;/h3-7,13,17,19H,8-12,22H2,1-2H3;1H/t17-,19+;/m1./s1. The molecule has 8 heteroatoms. The lowest BCUT2D eigenvalue weighted by Gasteiger charge is -2.17. The molecule has 3 aromatic rings. The van der Waals surface area contributed by atoms with Gasteiger partial charge in [0.2, 0.25) is 5.91 Å². The van der Waals surface area contributed by atoms with Crippen molar-refractivity contribution in [1.82, 2.24) is 24.5 Å². The Balaban J connectivity index is 0.00000240. The zero-order valence-corrected chi connectivity index (χ0v) is 17.6. The van der Waals surface area contributed by atoms with Crippen molar-refractivity contribution in [1.29, 1.82) is 0 Å². The first-order valence-corrected chi connectivity index (χ1v) is 9.77. The molecule has 0 aliphatic carbocycles. The number of carbonyl (C=O) groups excluding carboxylic acids is 1. The SMILES string of the molecule is Cc1nc2ncnn2c(C)c1CCC(=O)N1C[C@@H](CN)[C@H](c2ccccc2)C1.Cl. The summed E-state index contributed by atoms with van der Waals surface area (Å²) in [6.07, 6.45) is 2.62. The molecule has 154 valence electrons. The lowest BCUT2D eigenvalue weighted by atomic mass is 9.89. The van der Waals surface area contributed by atoms with E-state index in [0.717, 1.165) is 30.0 Å². The van der Waals surface area contributed by atoms with Crippen LogP contribution in [0, 0.1) is 19.8 Å². The number of benzene rings is 1. The molecular weight excluding hydrogens is 388 g/mol. The minimum absolute atomic E-state index is 0. The molecule has 4 rings (SSSR count). The van der Waals surface area contributed by atoms with Crippen molar-refractivity contribution in [2.45, 2.75) is 32.6 Å². The highest BCUT2D eigenvalue weighted by Gasteiger charge is 2.35. The number of rotatable bonds is 5. The lowest BCUT2D eigenvalue weighted by molar-refractivity contribution is -0.130. The minimum Gasteiger partial charge on any atom is -0.342 e. The average Bonchev–Trinajstić information content (AvgIpc) is 3.35. The summed E-state index contributed by atoms with van der Waals surface area (Å²) in [5.41, 5.74) is 10.3. The van der Waals surface area contributed by atoms with Gasteiger partial charge in [-0.1, -0.05) is 30.3 Å². The fourth-order valence-corrected chi connectivity index (χ4v) is 4.30. The molecule has 2 aromatic heterocycles. The number of likely N-dealkylation sites (tertiary alicyclic amines) is 1. The number of fused-ring (bicyclic) bond motifs is 1.